The summed E-state index contributed by atoms with van der Waals surface area (Å²) in [6, 6.07) is 11.4. The molecule has 4 heterocycles. The summed E-state index contributed by atoms with van der Waals surface area (Å²) in [6.07, 6.45) is 6.66. The number of ether oxygens (including phenoxy) is 2. The average Bonchev–Trinajstić information content (AvgIpc) is 3.78. The molecule has 0 radical (unpaired) electrons. The fraction of sp³-hybridized carbons (Fsp3) is 0.438. The molecule has 2 aromatic carbocycles. The van der Waals surface area contributed by atoms with Gasteiger partial charge in [0.1, 0.15) is 6.17 Å². The molecule has 7 rings (SSSR count). The first-order chi connectivity index (χ1) is 20.4. The topological polar surface area (TPSA) is 64.0 Å². The molecule has 1 saturated heterocycles. The third kappa shape index (κ3) is 4.50. The summed E-state index contributed by atoms with van der Waals surface area (Å²) in [5.41, 5.74) is 1.23. The van der Waals surface area contributed by atoms with E-state index in [1.807, 2.05) is 29.3 Å². The Balaban J connectivity index is 1.42. The van der Waals surface area contributed by atoms with E-state index in [4.69, 9.17) is 9.47 Å². The first kappa shape index (κ1) is 27.5. The van der Waals surface area contributed by atoms with Gasteiger partial charge in [-0.15, -0.1) is 11.8 Å². The zero-order valence-electron chi connectivity index (χ0n) is 23.5. The van der Waals surface area contributed by atoms with Crippen molar-refractivity contribution in [1.82, 2.24) is 9.58 Å². The molecule has 1 aromatic heterocycles. The van der Waals surface area contributed by atoms with Gasteiger partial charge in [-0.3, -0.25) is 19.3 Å². The Morgan fingerprint density at radius 3 is 2.69 bits per heavy atom. The van der Waals surface area contributed by atoms with E-state index in [1.165, 1.54) is 23.9 Å². The second kappa shape index (κ2) is 10.7. The van der Waals surface area contributed by atoms with E-state index in [2.05, 4.69) is 6.92 Å². The van der Waals surface area contributed by atoms with Crippen LogP contribution < -0.4 is 15.2 Å². The summed E-state index contributed by atoms with van der Waals surface area (Å²) in [5, 5.41) is 2.00. The van der Waals surface area contributed by atoms with Crippen LogP contribution in [-0.2, 0) is 10.5 Å². The summed E-state index contributed by atoms with van der Waals surface area (Å²) in [7, 11) is 0. The normalized spacial score (nSPS) is 21.7. The van der Waals surface area contributed by atoms with Gasteiger partial charge in [0, 0.05) is 28.5 Å². The predicted molar refractivity (Wildman–Crippen MR) is 156 cm³/mol. The molecule has 7 nitrogen and oxygen atoms in total. The van der Waals surface area contributed by atoms with Gasteiger partial charge in [-0.05, 0) is 42.5 Å². The fourth-order valence-electron chi connectivity index (χ4n) is 6.44. The van der Waals surface area contributed by atoms with Crippen LogP contribution in [0.3, 0.4) is 0 Å². The number of rotatable bonds is 7. The van der Waals surface area contributed by atoms with Crippen molar-refractivity contribution in [3.05, 3.63) is 92.9 Å². The molecule has 10 heteroatoms. The maximum Gasteiger partial charge on any atom is 0.278 e. The van der Waals surface area contributed by atoms with E-state index in [1.54, 1.807) is 21.8 Å². The lowest BCUT2D eigenvalue weighted by Crippen LogP contribution is -2.68. The highest BCUT2D eigenvalue weighted by atomic mass is 32.2. The number of carbonyl (C=O) groups excluding carboxylic acids is 1. The van der Waals surface area contributed by atoms with Crippen LogP contribution in [0.5, 0.6) is 5.75 Å². The van der Waals surface area contributed by atoms with Gasteiger partial charge >= 0.3 is 0 Å². The van der Waals surface area contributed by atoms with Gasteiger partial charge in [0.25, 0.3) is 5.91 Å². The number of nitrogens with zero attached hydrogens (tertiary/aromatic N) is 3. The van der Waals surface area contributed by atoms with Crippen molar-refractivity contribution in [3.8, 4) is 5.75 Å². The van der Waals surface area contributed by atoms with Gasteiger partial charge in [0.2, 0.25) is 5.43 Å². The van der Waals surface area contributed by atoms with Crippen molar-refractivity contribution in [2.75, 3.05) is 24.8 Å². The van der Waals surface area contributed by atoms with E-state index in [-0.39, 0.29) is 46.3 Å². The number of aromatic nitrogens is 1. The zero-order chi connectivity index (χ0) is 29.0. The summed E-state index contributed by atoms with van der Waals surface area (Å²) in [5.74, 6) is -1.75. The van der Waals surface area contributed by atoms with Gasteiger partial charge < -0.3 is 14.4 Å². The first-order valence-electron chi connectivity index (χ1n) is 14.7. The highest BCUT2D eigenvalue weighted by Crippen LogP contribution is 2.48. The molecule has 1 spiro atoms. The van der Waals surface area contributed by atoms with Crippen molar-refractivity contribution < 1.29 is 23.0 Å². The van der Waals surface area contributed by atoms with Crippen LogP contribution in [0.25, 0.3) is 0 Å². The number of fused-ring (bicyclic) bond motifs is 4. The smallest absolute Gasteiger partial charge is 0.278 e. The predicted octanol–water partition coefficient (Wildman–Crippen LogP) is 5.76. The number of halogens is 2. The van der Waals surface area contributed by atoms with Crippen LogP contribution in [0.2, 0.25) is 0 Å². The zero-order valence-corrected chi connectivity index (χ0v) is 24.3. The Hall–Kier alpha value is -3.37. The standard InChI is InChI=1S/C32H33F2N3O4S/c1-2-3-4-7-16-40-30-24(38)12-15-36-29(30)31(39)35-19-32(13-14-32)41-17-26(35)37(36)28-20-10-11-23(33)27(34)22(20)18-42-25-9-6-5-8-21(25)28/h5-6,8-12,15,26,28H,2-4,7,13-14,16-19H2,1H3/t26-,28-/m1/s1. The highest BCUT2D eigenvalue weighted by molar-refractivity contribution is 7.98. The minimum Gasteiger partial charge on any atom is -0.487 e. The van der Waals surface area contributed by atoms with Crippen molar-refractivity contribution in [3.63, 3.8) is 0 Å². The van der Waals surface area contributed by atoms with E-state index in [9.17, 15) is 14.0 Å². The largest absolute Gasteiger partial charge is 0.487 e. The summed E-state index contributed by atoms with van der Waals surface area (Å²) >= 11 is 1.46. The average molecular weight is 594 g/mol. The molecule has 42 heavy (non-hydrogen) atoms. The summed E-state index contributed by atoms with van der Waals surface area (Å²) in [4.78, 5) is 30.2. The number of unbranched alkanes of at least 4 members (excludes halogenated alkanes) is 3. The Morgan fingerprint density at radius 2 is 1.88 bits per heavy atom. The van der Waals surface area contributed by atoms with Gasteiger partial charge in [-0.25, -0.2) is 8.78 Å². The third-order valence-corrected chi connectivity index (χ3v) is 9.95. The molecule has 220 valence electrons. The molecule has 1 saturated carbocycles. The van der Waals surface area contributed by atoms with Crippen LogP contribution in [0.4, 0.5) is 8.78 Å². The summed E-state index contributed by atoms with van der Waals surface area (Å²) in [6.45, 7) is 3.09. The minimum atomic E-state index is -0.894. The van der Waals surface area contributed by atoms with Crippen molar-refractivity contribution in [1.29, 1.82) is 0 Å². The molecule has 0 bridgehead atoms. The van der Waals surface area contributed by atoms with Crippen molar-refractivity contribution >= 4 is 17.7 Å². The second-order valence-electron chi connectivity index (χ2n) is 11.6. The number of benzene rings is 2. The van der Waals surface area contributed by atoms with Crippen LogP contribution >= 0.6 is 11.8 Å². The first-order valence-corrected chi connectivity index (χ1v) is 15.7. The van der Waals surface area contributed by atoms with E-state index >= 15 is 4.39 Å². The third-order valence-electron chi connectivity index (χ3n) is 8.84. The van der Waals surface area contributed by atoms with Gasteiger partial charge in [-0.2, -0.15) is 0 Å². The lowest BCUT2D eigenvalue weighted by Gasteiger charge is -2.53. The monoisotopic (exact) mass is 593 g/mol. The summed E-state index contributed by atoms with van der Waals surface area (Å²) < 4.78 is 44.1. The number of hydrogen-bond acceptors (Lipinski definition) is 6. The highest BCUT2D eigenvalue weighted by Gasteiger charge is 2.56. The number of carbonyl (C=O) groups is 1. The second-order valence-corrected chi connectivity index (χ2v) is 12.6. The van der Waals surface area contributed by atoms with Gasteiger partial charge in [0.15, 0.2) is 23.1 Å². The molecule has 1 amide bonds. The fourth-order valence-corrected chi connectivity index (χ4v) is 7.55. The van der Waals surface area contributed by atoms with Gasteiger partial charge in [0.05, 0.1) is 31.4 Å². The molecular weight excluding hydrogens is 560 g/mol. The Morgan fingerprint density at radius 1 is 1.05 bits per heavy atom. The van der Waals surface area contributed by atoms with Gasteiger partial charge in [-0.1, -0.05) is 50.5 Å². The van der Waals surface area contributed by atoms with Crippen molar-refractivity contribution in [2.24, 2.45) is 0 Å². The Kier molecular flexibility index (Phi) is 7.01. The maximum atomic E-state index is 15.4. The number of amides is 1. The SMILES string of the molecule is CCCCCCOc1c2n(ccc1=O)N([C@H]1c3ccccc3SCc3c1ccc(F)c3F)[C@@H]1COC3(CC3)CN1C2=O. The molecule has 4 aliphatic rings. The van der Waals surface area contributed by atoms with Crippen LogP contribution in [0, 0.1) is 11.6 Å². The van der Waals surface area contributed by atoms with E-state index < -0.39 is 23.8 Å². The Bertz CT molecular complexity index is 1610. The van der Waals surface area contributed by atoms with Crippen molar-refractivity contribution in [2.45, 2.75) is 73.9 Å². The van der Waals surface area contributed by atoms with Crippen LogP contribution in [0.15, 0.2) is 58.4 Å². The Labute approximate surface area is 247 Å². The molecule has 0 N–H and O–H groups in total. The molecule has 1 aliphatic carbocycles. The molecule has 2 fully saturated rings. The van der Waals surface area contributed by atoms with Crippen LogP contribution in [0.1, 0.15) is 78.7 Å². The molecule has 3 aromatic rings. The lowest BCUT2D eigenvalue weighted by atomic mass is 9.93. The number of thioether (sulfide) groups is 1. The lowest BCUT2D eigenvalue weighted by molar-refractivity contribution is -0.0790. The molecular formula is C32H33F2N3O4S. The molecule has 2 atom stereocenters. The molecule has 0 unspecified atom stereocenters. The molecule has 3 aliphatic heterocycles. The number of morpholine rings is 1. The minimum absolute atomic E-state index is 0.0283. The maximum absolute atomic E-state index is 15.4. The van der Waals surface area contributed by atoms with Crippen LogP contribution in [-0.4, -0.2) is 47.0 Å². The number of pyridine rings is 1. The quantitative estimate of drug-likeness (QED) is 0.325. The van der Waals surface area contributed by atoms with E-state index in [0.29, 0.717) is 18.7 Å². The number of hydrogen-bond donors (Lipinski definition) is 0. The van der Waals surface area contributed by atoms with E-state index in [0.717, 1.165) is 49.0 Å².